The van der Waals surface area contributed by atoms with E-state index in [4.69, 9.17) is 10.5 Å². The second-order valence-corrected chi connectivity index (χ2v) is 6.36. The van der Waals surface area contributed by atoms with Crippen molar-refractivity contribution in [3.8, 4) is 33.5 Å². The molecule has 0 saturated carbocycles. The number of hydrogen-bond donors (Lipinski definition) is 1. The molecule has 0 aliphatic rings. The van der Waals surface area contributed by atoms with Crippen LogP contribution in [-0.4, -0.2) is 12.1 Å². The smallest absolute Gasteiger partial charge is 0.142 e. The van der Waals surface area contributed by atoms with Gasteiger partial charge < -0.3 is 10.5 Å². The van der Waals surface area contributed by atoms with Crippen molar-refractivity contribution in [1.82, 2.24) is 4.98 Å². The highest BCUT2D eigenvalue weighted by Crippen LogP contribution is 2.35. The van der Waals surface area contributed by atoms with Crippen LogP contribution in [-0.2, 0) is 0 Å². The number of aromatic nitrogens is 1. The Labute approximate surface area is 138 Å². The van der Waals surface area contributed by atoms with Gasteiger partial charge in [-0.25, -0.2) is 4.98 Å². The van der Waals surface area contributed by atoms with Gasteiger partial charge in [0, 0.05) is 20.9 Å². The fraction of sp³-hybridized carbons (Fsp3) is 0.111. The van der Waals surface area contributed by atoms with E-state index in [1.54, 1.807) is 18.4 Å². The summed E-state index contributed by atoms with van der Waals surface area (Å²) in [5.41, 5.74) is 8.88. The predicted molar refractivity (Wildman–Crippen MR) is 93.4 cm³/mol. The number of aryl methyl sites for hydroxylation is 1. The van der Waals surface area contributed by atoms with Crippen LogP contribution >= 0.6 is 11.3 Å². The lowest BCUT2D eigenvalue weighted by Crippen LogP contribution is -1.99. The average Bonchev–Trinajstić information content (AvgIpc) is 3.00. The summed E-state index contributed by atoms with van der Waals surface area (Å²) in [6, 6.07) is 15.7. The largest absolute Gasteiger partial charge is 0.497 e. The van der Waals surface area contributed by atoms with Gasteiger partial charge in [-0.2, -0.15) is 5.26 Å². The Morgan fingerprint density at radius 3 is 2.70 bits per heavy atom. The molecule has 2 aromatic heterocycles. The normalized spacial score (nSPS) is 10.3. The Balaban J connectivity index is 2.20. The molecule has 0 radical (unpaired) electrons. The number of benzene rings is 1. The zero-order valence-electron chi connectivity index (χ0n) is 12.8. The molecule has 1 aromatic carbocycles. The summed E-state index contributed by atoms with van der Waals surface area (Å²) >= 11 is 1.63. The number of nitriles is 1. The molecule has 23 heavy (non-hydrogen) atoms. The molecule has 0 amide bonds. The summed E-state index contributed by atoms with van der Waals surface area (Å²) in [5.74, 6) is 0.995. The minimum atomic E-state index is 0.244. The third kappa shape index (κ3) is 2.89. The fourth-order valence-corrected chi connectivity index (χ4v) is 3.28. The lowest BCUT2D eigenvalue weighted by atomic mass is 10.0. The molecular formula is C18H15N3OS. The molecule has 2 heterocycles. The third-order valence-electron chi connectivity index (χ3n) is 3.53. The van der Waals surface area contributed by atoms with Gasteiger partial charge in [0.2, 0.25) is 0 Å². The van der Waals surface area contributed by atoms with Crippen molar-refractivity contribution < 1.29 is 4.74 Å². The minimum absolute atomic E-state index is 0.244. The van der Waals surface area contributed by atoms with Crippen LogP contribution in [0.25, 0.3) is 21.7 Å². The topological polar surface area (TPSA) is 71.9 Å². The van der Waals surface area contributed by atoms with Gasteiger partial charge in [-0.05, 0) is 37.3 Å². The molecule has 2 N–H and O–H groups in total. The molecule has 5 heteroatoms. The first kappa shape index (κ1) is 15.1. The summed E-state index contributed by atoms with van der Waals surface area (Å²) in [6.07, 6.45) is 0. The van der Waals surface area contributed by atoms with Crippen molar-refractivity contribution in [2.75, 3.05) is 12.8 Å². The zero-order valence-corrected chi connectivity index (χ0v) is 13.6. The van der Waals surface area contributed by atoms with Crippen molar-refractivity contribution >= 4 is 17.2 Å². The highest BCUT2D eigenvalue weighted by molar-refractivity contribution is 7.15. The Morgan fingerprint density at radius 2 is 2.04 bits per heavy atom. The second kappa shape index (κ2) is 6.11. The number of methoxy groups -OCH3 is 1. The van der Waals surface area contributed by atoms with Gasteiger partial charge in [0.1, 0.15) is 23.2 Å². The molecule has 0 spiro atoms. The molecule has 0 aliphatic heterocycles. The van der Waals surface area contributed by atoms with Crippen LogP contribution < -0.4 is 10.5 Å². The Kier molecular flexibility index (Phi) is 4.00. The van der Waals surface area contributed by atoms with E-state index in [-0.39, 0.29) is 5.82 Å². The van der Waals surface area contributed by atoms with Crippen molar-refractivity contribution in [3.63, 3.8) is 0 Å². The number of anilines is 1. The molecule has 114 valence electrons. The highest BCUT2D eigenvalue weighted by Gasteiger charge is 2.14. The van der Waals surface area contributed by atoms with Crippen LogP contribution in [0.4, 0.5) is 5.82 Å². The van der Waals surface area contributed by atoms with E-state index >= 15 is 0 Å². The van der Waals surface area contributed by atoms with Gasteiger partial charge in [0.25, 0.3) is 0 Å². The van der Waals surface area contributed by atoms with E-state index in [1.165, 1.54) is 4.88 Å². The van der Waals surface area contributed by atoms with Crippen molar-refractivity contribution in [2.24, 2.45) is 0 Å². The summed E-state index contributed by atoms with van der Waals surface area (Å²) in [5, 5.41) is 9.43. The number of nitrogens with two attached hydrogens (primary N) is 1. The molecular weight excluding hydrogens is 306 g/mol. The summed E-state index contributed by atoms with van der Waals surface area (Å²) < 4.78 is 5.26. The molecule has 0 fully saturated rings. The van der Waals surface area contributed by atoms with Crippen LogP contribution in [0, 0.1) is 18.3 Å². The number of hydrogen-bond acceptors (Lipinski definition) is 5. The van der Waals surface area contributed by atoms with E-state index in [2.05, 4.69) is 11.1 Å². The van der Waals surface area contributed by atoms with Crippen LogP contribution in [0.5, 0.6) is 5.75 Å². The standard InChI is InChI=1S/C18H15N3OS/c1-11-6-7-17(23-11)14-9-16(21-18(20)15(14)10-19)12-4-3-5-13(8-12)22-2/h3-9H,1-2H3,(H2,20,21). The minimum Gasteiger partial charge on any atom is -0.497 e. The van der Waals surface area contributed by atoms with E-state index in [0.717, 1.165) is 27.4 Å². The van der Waals surface area contributed by atoms with Crippen LogP contribution in [0.1, 0.15) is 10.4 Å². The quantitative estimate of drug-likeness (QED) is 0.783. The van der Waals surface area contributed by atoms with Gasteiger partial charge in [-0.15, -0.1) is 11.3 Å². The molecule has 0 aliphatic carbocycles. The van der Waals surface area contributed by atoms with Gasteiger partial charge in [0.05, 0.1) is 12.8 Å². The van der Waals surface area contributed by atoms with Gasteiger partial charge in [-0.1, -0.05) is 12.1 Å². The predicted octanol–water partition coefficient (Wildman–Crippen LogP) is 4.25. The Hall–Kier alpha value is -2.84. The molecule has 0 saturated heterocycles. The summed E-state index contributed by atoms with van der Waals surface area (Å²) in [7, 11) is 1.62. The first-order valence-corrected chi connectivity index (χ1v) is 7.86. The lowest BCUT2D eigenvalue weighted by Gasteiger charge is -2.09. The first-order valence-electron chi connectivity index (χ1n) is 7.04. The van der Waals surface area contributed by atoms with E-state index in [0.29, 0.717) is 5.56 Å². The second-order valence-electron chi connectivity index (χ2n) is 5.07. The van der Waals surface area contributed by atoms with Crippen LogP contribution in [0.3, 0.4) is 0 Å². The van der Waals surface area contributed by atoms with Gasteiger partial charge in [-0.3, -0.25) is 0 Å². The average molecular weight is 321 g/mol. The van der Waals surface area contributed by atoms with E-state index < -0.39 is 0 Å². The van der Waals surface area contributed by atoms with Gasteiger partial charge in [0.15, 0.2) is 0 Å². The van der Waals surface area contributed by atoms with Gasteiger partial charge >= 0.3 is 0 Å². The maximum Gasteiger partial charge on any atom is 0.142 e. The SMILES string of the molecule is COc1cccc(-c2cc(-c3ccc(C)s3)c(C#N)c(N)n2)c1. The molecule has 3 aromatic rings. The monoisotopic (exact) mass is 321 g/mol. The van der Waals surface area contributed by atoms with E-state index in [9.17, 15) is 5.26 Å². The molecule has 4 nitrogen and oxygen atoms in total. The van der Waals surface area contributed by atoms with Crippen LogP contribution in [0.15, 0.2) is 42.5 Å². The summed E-state index contributed by atoms with van der Waals surface area (Å²) in [4.78, 5) is 6.58. The maximum atomic E-state index is 9.43. The molecule has 0 bridgehead atoms. The maximum absolute atomic E-state index is 9.43. The van der Waals surface area contributed by atoms with Crippen molar-refractivity contribution in [2.45, 2.75) is 6.92 Å². The highest BCUT2D eigenvalue weighted by atomic mass is 32.1. The Morgan fingerprint density at radius 1 is 1.22 bits per heavy atom. The van der Waals surface area contributed by atoms with Crippen LogP contribution in [0.2, 0.25) is 0 Å². The number of nitrogen functional groups attached to an aromatic ring is 1. The molecule has 3 rings (SSSR count). The first-order chi connectivity index (χ1) is 11.1. The van der Waals surface area contributed by atoms with E-state index in [1.807, 2.05) is 49.4 Å². The third-order valence-corrected chi connectivity index (χ3v) is 4.56. The summed E-state index contributed by atoms with van der Waals surface area (Å²) in [6.45, 7) is 2.04. The fourth-order valence-electron chi connectivity index (χ4n) is 2.39. The number of thiophene rings is 1. The number of rotatable bonds is 3. The Bertz CT molecular complexity index is 909. The van der Waals surface area contributed by atoms with Crippen molar-refractivity contribution in [1.29, 1.82) is 5.26 Å². The number of nitrogens with zero attached hydrogens (tertiary/aromatic N) is 2. The number of pyridine rings is 1. The number of ether oxygens (including phenoxy) is 1. The van der Waals surface area contributed by atoms with Crippen molar-refractivity contribution in [3.05, 3.63) is 52.9 Å². The lowest BCUT2D eigenvalue weighted by molar-refractivity contribution is 0.415. The zero-order chi connectivity index (χ0) is 16.4. The molecule has 0 atom stereocenters. The molecule has 0 unspecified atom stereocenters.